The molecule has 1 aliphatic heterocycles. The average molecular weight is 445 g/mol. The molecule has 0 saturated carbocycles. The minimum absolute atomic E-state index is 0.00561. The number of nitrogen functional groups attached to an aromatic ring is 1. The highest BCUT2D eigenvalue weighted by atomic mass is 16.6. The van der Waals surface area contributed by atoms with E-state index in [0.717, 1.165) is 11.3 Å². The molecule has 33 heavy (non-hydrogen) atoms. The number of hydrogen-bond donors (Lipinski definition) is 2. The summed E-state index contributed by atoms with van der Waals surface area (Å²) in [5.74, 6) is -0.209. The van der Waals surface area contributed by atoms with Crippen molar-refractivity contribution < 1.29 is 14.3 Å². The van der Waals surface area contributed by atoms with Crippen LogP contribution in [0.5, 0.6) is 0 Å². The molecule has 1 atom stereocenters. The Kier molecular flexibility index (Phi) is 6.78. The molecule has 0 aromatic heterocycles. The summed E-state index contributed by atoms with van der Waals surface area (Å²) in [6.45, 7) is 4.24. The molecule has 4 rings (SSSR count). The summed E-state index contributed by atoms with van der Waals surface area (Å²) in [6, 6.07) is 24.3. The number of amides is 2. The highest BCUT2D eigenvalue weighted by Gasteiger charge is 2.28. The Morgan fingerprint density at radius 1 is 0.970 bits per heavy atom. The fraction of sp³-hybridized carbons (Fsp3) is 0.231. The van der Waals surface area contributed by atoms with E-state index in [2.05, 4.69) is 10.2 Å². The summed E-state index contributed by atoms with van der Waals surface area (Å²) in [6.07, 6.45) is -0.293. The standard InChI is InChI=1S/C26H28N4O3/c1-19-17-29(15-16-30(19)26(32)33-18-20-7-3-2-4-8-20)22-13-11-21(12-14-22)25(31)28-24-10-6-5-9-23(24)27/h2-14,19H,15-18,27H2,1H3,(H,28,31)/t19-/m0/s1. The van der Waals surface area contributed by atoms with Gasteiger partial charge in [0.1, 0.15) is 6.61 Å². The largest absolute Gasteiger partial charge is 0.445 e. The lowest BCUT2D eigenvalue weighted by atomic mass is 10.1. The Bertz CT molecular complexity index is 1100. The maximum absolute atomic E-state index is 12.6. The zero-order valence-corrected chi connectivity index (χ0v) is 18.6. The van der Waals surface area contributed by atoms with Gasteiger partial charge in [-0.3, -0.25) is 4.79 Å². The van der Waals surface area contributed by atoms with Crippen LogP contribution in [-0.4, -0.2) is 42.6 Å². The van der Waals surface area contributed by atoms with Crippen molar-refractivity contribution in [2.75, 3.05) is 35.6 Å². The second-order valence-electron chi connectivity index (χ2n) is 8.12. The first-order valence-electron chi connectivity index (χ1n) is 11.0. The van der Waals surface area contributed by atoms with Gasteiger partial charge in [-0.05, 0) is 48.9 Å². The molecule has 2 amide bonds. The summed E-state index contributed by atoms with van der Waals surface area (Å²) in [7, 11) is 0. The topological polar surface area (TPSA) is 87.9 Å². The quantitative estimate of drug-likeness (QED) is 0.571. The fourth-order valence-corrected chi connectivity index (χ4v) is 3.89. The molecule has 1 heterocycles. The van der Waals surface area contributed by atoms with Crippen molar-refractivity contribution in [3.05, 3.63) is 90.0 Å². The van der Waals surface area contributed by atoms with Crippen LogP contribution >= 0.6 is 0 Å². The third-order valence-electron chi connectivity index (χ3n) is 5.77. The molecule has 3 N–H and O–H groups in total. The first kappa shape index (κ1) is 22.2. The second-order valence-corrected chi connectivity index (χ2v) is 8.12. The molecule has 7 heteroatoms. The van der Waals surface area contributed by atoms with Crippen LogP contribution in [0.3, 0.4) is 0 Å². The average Bonchev–Trinajstić information content (AvgIpc) is 2.84. The molecule has 3 aromatic rings. The minimum atomic E-state index is -0.293. The molecule has 0 unspecified atom stereocenters. The number of nitrogens with zero attached hydrogens (tertiary/aromatic N) is 2. The number of nitrogens with one attached hydrogen (secondary N) is 1. The predicted octanol–water partition coefficient (Wildman–Crippen LogP) is 4.37. The minimum Gasteiger partial charge on any atom is -0.445 e. The number of ether oxygens (including phenoxy) is 1. The predicted molar refractivity (Wildman–Crippen MR) is 130 cm³/mol. The third kappa shape index (κ3) is 5.44. The molecule has 0 radical (unpaired) electrons. The number of benzene rings is 3. The fourth-order valence-electron chi connectivity index (χ4n) is 3.89. The SMILES string of the molecule is C[C@H]1CN(c2ccc(C(=O)Nc3ccccc3N)cc2)CCN1C(=O)OCc1ccccc1. The van der Waals surface area contributed by atoms with Crippen molar-refractivity contribution in [1.29, 1.82) is 0 Å². The van der Waals surface area contributed by atoms with E-state index in [4.69, 9.17) is 10.5 Å². The van der Waals surface area contributed by atoms with Crippen molar-refractivity contribution in [2.45, 2.75) is 19.6 Å². The summed E-state index contributed by atoms with van der Waals surface area (Å²) >= 11 is 0. The molecular weight excluding hydrogens is 416 g/mol. The first-order valence-corrected chi connectivity index (χ1v) is 11.0. The first-order chi connectivity index (χ1) is 16.0. The van der Waals surface area contributed by atoms with Crippen molar-refractivity contribution in [3.8, 4) is 0 Å². The maximum Gasteiger partial charge on any atom is 0.410 e. The Labute approximate surface area is 193 Å². The number of para-hydroxylation sites is 2. The van der Waals surface area contributed by atoms with E-state index < -0.39 is 0 Å². The number of nitrogens with two attached hydrogens (primary N) is 1. The van der Waals surface area contributed by atoms with Gasteiger partial charge < -0.3 is 25.6 Å². The van der Waals surface area contributed by atoms with Gasteiger partial charge in [0.15, 0.2) is 0 Å². The summed E-state index contributed by atoms with van der Waals surface area (Å²) in [5.41, 5.74) is 9.55. The normalized spacial score (nSPS) is 15.7. The molecule has 1 fully saturated rings. The van der Waals surface area contributed by atoms with Gasteiger partial charge in [0, 0.05) is 36.9 Å². The van der Waals surface area contributed by atoms with E-state index in [1.807, 2.05) is 61.5 Å². The van der Waals surface area contributed by atoms with Gasteiger partial charge in [-0.2, -0.15) is 0 Å². The van der Waals surface area contributed by atoms with E-state index in [1.54, 1.807) is 29.2 Å². The number of carbonyl (C=O) groups is 2. The van der Waals surface area contributed by atoms with Crippen molar-refractivity contribution >= 4 is 29.1 Å². The van der Waals surface area contributed by atoms with Gasteiger partial charge in [0.2, 0.25) is 0 Å². The van der Waals surface area contributed by atoms with Gasteiger partial charge in [0.25, 0.3) is 5.91 Å². The lowest BCUT2D eigenvalue weighted by Crippen LogP contribution is -2.54. The monoisotopic (exact) mass is 444 g/mol. The third-order valence-corrected chi connectivity index (χ3v) is 5.77. The molecule has 7 nitrogen and oxygen atoms in total. The number of piperazine rings is 1. The van der Waals surface area contributed by atoms with Crippen LogP contribution < -0.4 is 16.0 Å². The van der Waals surface area contributed by atoms with Crippen molar-refractivity contribution in [3.63, 3.8) is 0 Å². The molecule has 1 saturated heterocycles. The number of rotatable bonds is 5. The zero-order chi connectivity index (χ0) is 23.2. The highest BCUT2D eigenvalue weighted by Crippen LogP contribution is 2.22. The summed E-state index contributed by atoms with van der Waals surface area (Å²) in [5, 5.41) is 2.84. The van der Waals surface area contributed by atoms with Crippen molar-refractivity contribution in [1.82, 2.24) is 4.90 Å². The van der Waals surface area contributed by atoms with Crippen LogP contribution in [0, 0.1) is 0 Å². The van der Waals surface area contributed by atoms with Crippen LogP contribution in [0.25, 0.3) is 0 Å². The Balaban J connectivity index is 1.32. The Morgan fingerprint density at radius 3 is 2.36 bits per heavy atom. The maximum atomic E-state index is 12.6. The highest BCUT2D eigenvalue weighted by molar-refractivity contribution is 6.05. The van der Waals surface area contributed by atoms with Gasteiger partial charge in [-0.15, -0.1) is 0 Å². The van der Waals surface area contributed by atoms with E-state index in [1.165, 1.54) is 0 Å². The summed E-state index contributed by atoms with van der Waals surface area (Å²) in [4.78, 5) is 29.1. The van der Waals surface area contributed by atoms with E-state index >= 15 is 0 Å². The van der Waals surface area contributed by atoms with Gasteiger partial charge in [-0.25, -0.2) is 4.79 Å². The van der Waals surface area contributed by atoms with E-state index in [0.29, 0.717) is 36.6 Å². The molecule has 170 valence electrons. The molecule has 1 aliphatic rings. The lowest BCUT2D eigenvalue weighted by Gasteiger charge is -2.40. The van der Waals surface area contributed by atoms with Crippen LogP contribution in [0.1, 0.15) is 22.8 Å². The van der Waals surface area contributed by atoms with Gasteiger partial charge in [0.05, 0.1) is 11.4 Å². The van der Waals surface area contributed by atoms with Gasteiger partial charge in [-0.1, -0.05) is 42.5 Å². The van der Waals surface area contributed by atoms with Crippen LogP contribution in [0.15, 0.2) is 78.9 Å². The molecule has 3 aromatic carbocycles. The van der Waals surface area contributed by atoms with Crippen LogP contribution in [-0.2, 0) is 11.3 Å². The van der Waals surface area contributed by atoms with Crippen LogP contribution in [0.4, 0.5) is 21.9 Å². The Morgan fingerprint density at radius 2 is 1.67 bits per heavy atom. The molecule has 0 spiro atoms. The van der Waals surface area contributed by atoms with Gasteiger partial charge >= 0.3 is 6.09 Å². The number of carbonyl (C=O) groups excluding carboxylic acids is 2. The molecular formula is C26H28N4O3. The second kappa shape index (κ2) is 10.1. The molecule has 0 bridgehead atoms. The van der Waals surface area contributed by atoms with E-state index in [9.17, 15) is 9.59 Å². The van der Waals surface area contributed by atoms with E-state index in [-0.39, 0.29) is 24.6 Å². The molecule has 0 aliphatic carbocycles. The number of hydrogen-bond acceptors (Lipinski definition) is 5. The van der Waals surface area contributed by atoms with Crippen LogP contribution in [0.2, 0.25) is 0 Å². The zero-order valence-electron chi connectivity index (χ0n) is 18.6. The smallest absolute Gasteiger partial charge is 0.410 e. The Hall–Kier alpha value is -4.00. The summed E-state index contributed by atoms with van der Waals surface area (Å²) < 4.78 is 5.49. The number of anilines is 3. The lowest BCUT2D eigenvalue weighted by molar-refractivity contribution is 0.0795. The van der Waals surface area contributed by atoms with Crippen molar-refractivity contribution in [2.24, 2.45) is 0 Å².